The highest BCUT2D eigenvalue weighted by atomic mass is 32.2. The topological polar surface area (TPSA) is 174 Å². The second-order valence-corrected chi connectivity index (χ2v) is 16.7. The van der Waals surface area contributed by atoms with Crippen molar-refractivity contribution in [2.75, 3.05) is 10.2 Å². The number of nitrogens with zero attached hydrogens (tertiary/aromatic N) is 5. The molecule has 0 bridgehead atoms. The third-order valence-corrected chi connectivity index (χ3v) is 9.59. The Morgan fingerprint density at radius 2 is 1.69 bits per heavy atom. The summed E-state index contributed by atoms with van der Waals surface area (Å²) in [5.74, 6) is -0.170. The number of hydrogen-bond donors (Lipinski definition) is 2. The Morgan fingerprint density at radius 1 is 0.961 bits per heavy atom. The van der Waals surface area contributed by atoms with Crippen LogP contribution in [-0.4, -0.2) is 57.1 Å². The second kappa shape index (κ2) is 13.2. The number of sulfonamides is 1. The second-order valence-electron chi connectivity index (χ2n) is 15.1. The van der Waals surface area contributed by atoms with Crippen LogP contribution in [0.25, 0.3) is 5.65 Å². The summed E-state index contributed by atoms with van der Waals surface area (Å²) in [6.45, 7) is 11.8. The number of pyridine rings is 1. The lowest BCUT2D eigenvalue weighted by Gasteiger charge is -2.27. The minimum Gasteiger partial charge on any atom is -0.443 e. The van der Waals surface area contributed by atoms with Crippen molar-refractivity contribution in [1.29, 1.82) is 0 Å². The van der Waals surface area contributed by atoms with Crippen molar-refractivity contribution in [2.45, 2.75) is 102 Å². The fourth-order valence-electron chi connectivity index (χ4n) is 5.66. The van der Waals surface area contributed by atoms with Crippen molar-refractivity contribution >= 4 is 45.1 Å². The van der Waals surface area contributed by atoms with E-state index in [-0.39, 0.29) is 23.8 Å². The Labute approximate surface area is 297 Å². The zero-order valence-electron chi connectivity index (χ0n) is 29.8. The summed E-state index contributed by atoms with van der Waals surface area (Å²) >= 11 is 0. The van der Waals surface area contributed by atoms with Gasteiger partial charge in [-0.1, -0.05) is 6.07 Å². The lowest BCUT2D eigenvalue weighted by Crippen LogP contribution is -2.37. The van der Waals surface area contributed by atoms with Crippen molar-refractivity contribution in [3.05, 3.63) is 77.8 Å². The third kappa shape index (κ3) is 8.82. The molecule has 4 aromatic rings. The Hall–Kier alpha value is -5.05. The van der Waals surface area contributed by atoms with Crippen molar-refractivity contribution in [2.24, 2.45) is 5.92 Å². The molecule has 3 amide bonds. The van der Waals surface area contributed by atoms with E-state index in [2.05, 4.69) is 21.4 Å². The van der Waals surface area contributed by atoms with Crippen LogP contribution < -0.4 is 14.9 Å². The molecule has 2 aliphatic carbocycles. The van der Waals surface area contributed by atoms with Gasteiger partial charge in [-0.2, -0.15) is 0 Å². The molecule has 0 aliphatic heterocycles. The number of rotatable bonds is 9. The lowest BCUT2D eigenvalue weighted by atomic mass is 10.2. The van der Waals surface area contributed by atoms with E-state index in [1.165, 1.54) is 28.7 Å². The number of hydrogen-bond acceptors (Lipinski definition) is 10. The molecule has 0 radical (unpaired) electrons. The summed E-state index contributed by atoms with van der Waals surface area (Å²) in [6, 6.07) is 9.75. The van der Waals surface area contributed by atoms with Crippen LogP contribution in [0.15, 0.2) is 59.9 Å². The van der Waals surface area contributed by atoms with Gasteiger partial charge in [-0.25, -0.2) is 37.7 Å². The molecule has 2 aliphatic rings. The number of aromatic nitrogens is 4. The van der Waals surface area contributed by atoms with Crippen molar-refractivity contribution in [3.8, 4) is 0 Å². The standard InChI is InChI=1S/C36H43N7O7S/c1-21-14-15-37-31(38-21)26-17-27(26)32(44)40-28-16-25(11-12-29(28)51(47,48)41-33(45)49-35(2,3)4)43(34(46)50-36(5,6)7)20-24-19-42-18-23(22-8-9-22)10-13-30(42)39-24/h10-16,18-19,22,26-27H,8-9,17,20H2,1-7H3,(H,40,44)(H,41,45)/t26-,27-/m0/s1. The zero-order valence-corrected chi connectivity index (χ0v) is 30.6. The van der Waals surface area contributed by atoms with Gasteiger partial charge in [0.15, 0.2) is 0 Å². The first-order chi connectivity index (χ1) is 23.8. The van der Waals surface area contributed by atoms with E-state index in [1.54, 1.807) is 53.8 Å². The van der Waals surface area contributed by atoms with Crippen molar-refractivity contribution in [3.63, 3.8) is 0 Å². The summed E-state index contributed by atoms with van der Waals surface area (Å²) in [7, 11) is -4.57. The van der Waals surface area contributed by atoms with Gasteiger partial charge >= 0.3 is 12.2 Å². The minimum atomic E-state index is -4.57. The van der Waals surface area contributed by atoms with Crippen LogP contribution in [0.4, 0.5) is 21.0 Å². The van der Waals surface area contributed by atoms with E-state index < -0.39 is 50.1 Å². The van der Waals surface area contributed by atoms with Crippen molar-refractivity contribution in [1.82, 2.24) is 24.1 Å². The van der Waals surface area contributed by atoms with Gasteiger partial charge in [-0.05, 0) is 110 Å². The number of imidazole rings is 1. The SMILES string of the molecule is Cc1ccnc([C@H]2C[C@@H]2C(=O)Nc2cc(N(Cc3cn4cc(C5CC5)ccc4n3)C(=O)OC(C)(C)C)ccc2S(=O)(=O)NC(=O)OC(C)(C)C)n1. The molecule has 1 aromatic carbocycles. The van der Waals surface area contributed by atoms with Gasteiger partial charge in [0.2, 0.25) is 5.91 Å². The number of amides is 3. The molecule has 14 nitrogen and oxygen atoms in total. The molecule has 3 aromatic heterocycles. The Kier molecular flexibility index (Phi) is 9.29. The monoisotopic (exact) mass is 717 g/mol. The molecular weight excluding hydrogens is 675 g/mol. The van der Waals surface area contributed by atoms with E-state index in [4.69, 9.17) is 14.5 Å². The van der Waals surface area contributed by atoms with Gasteiger partial charge in [-0.3, -0.25) is 9.69 Å². The molecule has 15 heteroatoms. The Bertz CT molecular complexity index is 2110. The largest absolute Gasteiger partial charge is 0.443 e. The van der Waals surface area contributed by atoms with Gasteiger partial charge in [0.1, 0.15) is 27.6 Å². The van der Waals surface area contributed by atoms with Gasteiger partial charge in [0.05, 0.1) is 17.9 Å². The molecule has 0 unspecified atom stereocenters. The maximum atomic E-state index is 13.7. The van der Waals surface area contributed by atoms with Crippen molar-refractivity contribution < 1.29 is 32.3 Å². The van der Waals surface area contributed by atoms with Crippen LogP contribution in [0.5, 0.6) is 0 Å². The number of anilines is 2. The Balaban J connectivity index is 1.35. The highest BCUT2D eigenvalue weighted by Gasteiger charge is 2.46. The highest BCUT2D eigenvalue weighted by molar-refractivity contribution is 7.90. The summed E-state index contributed by atoms with van der Waals surface area (Å²) in [5.41, 5.74) is 1.49. The van der Waals surface area contributed by atoms with Crippen LogP contribution >= 0.6 is 0 Å². The first kappa shape index (κ1) is 35.8. The number of fused-ring (bicyclic) bond motifs is 1. The van der Waals surface area contributed by atoms with E-state index in [0.29, 0.717) is 29.5 Å². The molecule has 0 spiro atoms. The van der Waals surface area contributed by atoms with Crippen LogP contribution in [0.1, 0.15) is 95.4 Å². The van der Waals surface area contributed by atoms with E-state index >= 15 is 0 Å². The predicted octanol–water partition coefficient (Wildman–Crippen LogP) is 6.21. The maximum absolute atomic E-state index is 13.7. The predicted molar refractivity (Wildman–Crippen MR) is 189 cm³/mol. The van der Waals surface area contributed by atoms with Crippen LogP contribution in [0, 0.1) is 12.8 Å². The summed E-state index contributed by atoms with van der Waals surface area (Å²) in [5, 5.41) is 2.74. The van der Waals surface area contributed by atoms with Gasteiger partial charge < -0.3 is 19.2 Å². The van der Waals surface area contributed by atoms with E-state index in [9.17, 15) is 22.8 Å². The van der Waals surface area contributed by atoms with Gasteiger partial charge in [0.25, 0.3) is 10.0 Å². The normalized spacial score (nSPS) is 17.5. The molecule has 3 heterocycles. The average molecular weight is 718 g/mol. The van der Waals surface area contributed by atoms with Gasteiger partial charge in [0, 0.05) is 41.8 Å². The Morgan fingerprint density at radius 3 is 2.35 bits per heavy atom. The minimum absolute atomic E-state index is 0.0274. The number of nitrogens with one attached hydrogen (secondary N) is 2. The number of benzene rings is 1. The first-order valence-electron chi connectivity index (χ1n) is 16.8. The summed E-state index contributed by atoms with van der Waals surface area (Å²) in [4.78, 5) is 54.3. The molecule has 2 fully saturated rings. The molecule has 6 rings (SSSR count). The molecule has 51 heavy (non-hydrogen) atoms. The smallest absolute Gasteiger partial charge is 0.421 e. The summed E-state index contributed by atoms with van der Waals surface area (Å²) < 4.78 is 42.0. The average Bonchev–Trinajstić information content (AvgIpc) is 3.94. The highest BCUT2D eigenvalue weighted by Crippen LogP contribution is 2.47. The quantitative estimate of drug-likeness (QED) is 0.203. The lowest BCUT2D eigenvalue weighted by molar-refractivity contribution is -0.117. The molecule has 270 valence electrons. The van der Waals surface area contributed by atoms with Crippen LogP contribution in [0.3, 0.4) is 0 Å². The number of carbonyl (C=O) groups excluding carboxylic acids is 3. The number of carbonyl (C=O) groups is 3. The third-order valence-electron chi connectivity index (χ3n) is 8.22. The van der Waals surface area contributed by atoms with E-state index in [1.807, 2.05) is 34.5 Å². The number of ether oxygens (including phenoxy) is 2. The van der Waals surface area contributed by atoms with Crippen LogP contribution in [0.2, 0.25) is 0 Å². The number of aryl methyl sites for hydroxylation is 1. The molecule has 2 atom stereocenters. The first-order valence-corrected chi connectivity index (χ1v) is 18.3. The molecular formula is C36H43N7O7S. The molecule has 2 N–H and O–H groups in total. The van der Waals surface area contributed by atoms with E-state index in [0.717, 1.165) is 18.5 Å². The van der Waals surface area contributed by atoms with Gasteiger partial charge in [-0.15, -0.1) is 0 Å². The summed E-state index contributed by atoms with van der Waals surface area (Å²) in [6.07, 6.45) is 6.38. The maximum Gasteiger partial charge on any atom is 0.421 e. The van der Waals surface area contributed by atoms with Crippen LogP contribution in [-0.2, 0) is 30.8 Å². The zero-order chi connectivity index (χ0) is 36.9. The fourth-order valence-corrected chi connectivity index (χ4v) is 6.68. The molecule has 0 saturated heterocycles. The fraction of sp³-hybridized carbons (Fsp3) is 0.444. The molecule has 2 saturated carbocycles.